The highest BCUT2D eigenvalue weighted by molar-refractivity contribution is 6.04. The second-order valence-electron chi connectivity index (χ2n) is 6.85. The van der Waals surface area contributed by atoms with Crippen molar-refractivity contribution in [2.24, 2.45) is 0 Å². The monoisotopic (exact) mass is 421 g/mol. The molecular weight excluding hydrogens is 401 g/mol. The van der Waals surface area contributed by atoms with E-state index in [2.05, 4.69) is 15.1 Å². The second-order valence-corrected chi connectivity index (χ2v) is 6.85. The Morgan fingerprint density at radius 1 is 1.06 bits per heavy atom. The van der Waals surface area contributed by atoms with Gasteiger partial charge in [0.1, 0.15) is 11.6 Å². The molecule has 0 bridgehead atoms. The Labute approximate surface area is 177 Å². The summed E-state index contributed by atoms with van der Waals surface area (Å²) in [5.74, 6) is 0.0883. The smallest absolute Gasteiger partial charge is 0.339 e. The summed E-state index contributed by atoms with van der Waals surface area (Å²) in [6.07, 6.45) is 0.706. The Kier molecular flexibility index (Phi) is 5.88. The van der Waals surface area contributed by atoms with E-state index in [-0.39, 0.29) is 30.7 Å². The van der Waals surface area contributed by atoms with Gasteiger partial charge in [-0.25, -0.2) is 9.18 Å². The van der Waals surface area contributed by atoms with Gasteiger partial charge in [-0.15, -0.1) is 0 Å². The van der Waals surface area contributed by atoms with Crippen molar-refractivity contribution in [2.75, 3.05) is 0 Å². The molecule has 0 amide bonds. The van der Waals surface area contributed by atoms with Gasteiger partial charge in [0.15, 0.2) is 13.2 Å². The molecule has 0 spiro atoms. The molecule has 0 radical (unpaired) electrons. The van der Waals surface area contributed by atoms with Crippen LogP contribution in [0.3, 0.4) is 0 Å². The van der Waals surface area contributed by atoms with Gasteiger partial charge in [0.25, 0.3) is 5.89 Å². The van der Waals surface area contributed by atoms with Gasteiger partial charge in [0.05, 0.1) is 11.1 Å². The zero-order chi connectivity index (χ0) is 21.8. The minimum Gasteiger partial charge on any atom is -0.485 e. The van der Waals surface area contributed by atoms with Crippen LogP contribution in [-0.2, 0) is 24.4 Å². The summed E-state index contributed by atoms with van der Waals surface area (Å²) in [4.78, 5) is 21.7. The van der Waals surface area contributed by atoms with Crippen molar-refractivity contribution in [2.45, 2.75) is 33.5 Å². The van der Waals surface area contributed by atoms with Gasteiger partial charge in [0, 0.05) is 11.1 Å². The van der Waals surface area contributed by atoms with Crippen LogP contribution in [0.1, 0.15) is 40.3 Å². The van der Waals surface area contributed by atoms with Gasteiger partial charge >= 0.3 is 5.97 Å². The lowest BCUT2D eigenvalue weighted by Gasteiger charge is -2.12. The maximum atomic E-state index is 12.9. The van der Waals surface area contributed by atoms with Crippen LogP contribution in [0.5, 0.6) is 5.75 Å². The molecule has 31 heavy (non-hydrogen) atoms. The molecule has 0 aliphatic rings. The van der Waals surface area contributed by atoms with Crippen LogP contribution in [0.2, 0.25) is 0 Å². The quantitative estimate of drug-likeness (QED) is 0.404. The first kappa shape index (κ1) is 20.5. The molecule has 0 saturated carbocycles. The van der Waals surface area contributed by atoms with E-state index in [0.717, 1.165) is 22.2 Å². The zero-order valence-electron chi connectivity index (χ0n) is 17.1. The summed E-state index contributed by atoms with van der Waals surface area (Å²) in [6.45, 7) is 3.73. The van der Waals surface area contributed by atoms with Crippen LogP contribution < -0.4 is 4.74 Å². The Balaban J connectivity index is 1.44. The number of esters is 1. The first-order chi connectivity index (χ1) is 15.0. The van der Waals surface area contributed by atoms with E-state index >= 15 is 0 Å². The molecule has 2 aromatic heterocycles. The number of halogens is 1. The number of nitrogens with zero attached hydrogens (tertiary/aromatic N) is 3. The van der Waals surface area contributed by atoms with Gasteiger partial charge < -0.3 is 14.0 Å². The lowest BCUT2D eigenvalue weighted by Crippen LogP contribution is -2.11. The largest absolute Gasteiger partial charge is 0.485 e. The fraction of sp³-hybridized carbons (Fsp3) is 0.217. The minimum atomic E-state index is -0.479. The number of fused-ring (bicyclic) bond motifs is 1. The van der Waals surface area contributed by atoms with E-state index < -0.39 is 5.97 Å². The Hall–Kier alpha value is -3.81. The third-order valence-electron chi connectivity index (χ3n) is 4.79. The fourth-order valence-electron chi connectivity index (χ4n) is 3.25. The van der Waals surface area contributed by atoms with Crippen molar-refractivity contribution in [3.63, 3.8) is 0 Å². The Morgan fingerprint density at radius 3 is 2.61 bits per heavy atom. The summed E-state index contributed by atoms with van der Waals surface area (Å²) in [5.41, 5.74) is 2.88. The summed E-state index contributed by atoms with van der Waals surface area (Å²) < 4.78 is 29.0. The van der Waals surface area contributed by atoms with Crippen LogP contribution in [0.15, 0.2) is 53.1 Å². The first-order valence-electron chi connectivity index (χ1n) is 9.80. The van der Waals surface area contributed by atoms with E-state index in [1.54, 1.807) is 0 Å². The third kappa shape index (κ3) is 4.53. The lowest BCUT2D eigenvalue weighted by molar-refractivity contribution is 0.0431. The molecule has 0 unspecified atom stereocenters. The van der Waals surface area contributed by atoms with Crippen molar-refractivity contribution in [1.29, 1.82) is 0 Å². The molecule has 0 N–H and O–H groups in total. The number of rotatable bonds is 7. The van der Waals surface area contributed by atoms with Crippen molar-refractivity contribution < 1.29 is 23.2 Å². The normalized spacial score (nSPS) is 10.9. The van der Waals surface area contributed by atoms with Crippen molar-refractivity contribution in [3.8, 4) is 5.75 Å². The maximum Gasteiger partial charge on any atom is 0.339 e. The highest BCUT2D eigenvalue weighted by Gasteiger charge is 2.19. The molecule has 4 rings (SSSR count). The molecule has 0 saturated heterocycles. The summed E-state index contributed by atoms with van der Waals surface area (Å²) in [7, 11) is 0. The molecule has 8 heteroatoms. The molecule has 158 valence electrons. The van der Waals surface area contributed by atoms with Crippen molar-refractivity contribution in [3.05, 3.63) is 82.9 Å². The summed E-state index contributed by atoms with van der Waals surface area (Å²) in [6, 6.07) is 13.1. The van der Waals surface area contributed by atoms with E-state index in [9.17, 15) is 9.18 Å². The molecular formula is C23H20FN3O4. The van der Waals surface area contributed by atoms with Gasteiger partial charge in [-0.3, -0.25) is 4.98 Å². The number of ether oxygens (including phenoxy) is 2. The van der Waals surface area contributed by atoms with E-state index in [0.29, 0.717) is 17.7 Å². The Bertz CT molecular complexity index is 1220. The summed E-state index contributed by atoms with van der Waals surface area (Å²) in [5, 5.41) is 4.55. The highest BCUT2D eigenvalue weighted by atomic mass is 19.1. The predicted molar refractivity (Wildman–Crippen MR) is 110 cm³/mol. The van der Waals surface area contributed by atoms with Crippen LogP contribution in [0, 0.1) is 12.7 Å². The predicted octanol–water partition coefficient (Wildman–Crippen LogP) is 4.56. The first-order valence-corrected chi connectivity index (χ1v) is 9.80. The third-order valence-corrected chi connectivity index (χ3v) is 4.79. The minimum absolute atomic E-state index is 0.0387. The fourth-order valence-corrected chi connectivity index (χ4v) is 3.25. The van der Waals surface area contributed by atoms with E-state index in [1.165, 1.54) is 24.3 Å². The molecule has 0 fully saturated rings. The van der Waals surface area contributed by atoms with Crippen LogP contribution in [0.4, 0.5) is 4.39 Å². The van der Waals surface area contributed by atoms with E-state index in [4.69, 9.17) is 14.0 Å². The number of aryl methyl sites for hydroxylation is 1. The topological polar surface area (TPSA) is 87.3 Å². The molecule has 7 nitrogen and oxygen atoms in total. The van der Waals surface area contributed by atoms with Gasteiger partial charge in [-0.2, -0.15) is 4.98 Å². The highest BCUT2D eigenvalue weighted by Crippen LogP contribution is 2.24. The number of hydrogen-bond donors (Lipinski definition) is 0. The molecule has 2 aromatic carbocycles. The SMILES string of the molecule is CCc1nc2ccccc2c(C(=O)OCc2nc(COc3ccc(F)cc3)no2)c1C. The average molecular weight is 421 g/mol. The number of carbonyl (C=O) groups is 1. The maximum absolute atomic E-state index is 12.9. The van der Waals surface area contributed by atoms with Gasteiger partial charge in [0.2, 0.25) is 5.82 Å². The van der Waals surface area contributed by atoms with Gasteiger partial charge in [-0.05, 0) is 49.2 Å². The number of benzene rings is 2. The standard InChI is InChI=1S/C23H20FN3O4/c1-3-18-14(2)22(17-6-4-5-7-19(17)25-18)23(28)30-13-21-26-20(27-31-21)12-29-16-10-8-15(24)9-11-16/h4-11H,3,12-13H2,1-2H3. The van der Waals surface area contributed by atoms with Crippen LogP contribution in [-0.4, -0.2) is 21.1 Å². The number of hydrogen-bond acceptors (Lipinski definition) is 7. The molecule has 4 aromatic rings. The number of carbonyl (C=O) groups excluding carboxylic acids is 1. The number of pyridine rings is 1. The molecule has 0 aliphatic carbocycles. The van der Waals surface area contributed by atoms with Crippen LogP contribution >= 0.6 is 0 Å². The van der Waals surface area contributed by atoms with Gasteiger partial charge in [-0.1, -0.05) is 30.3 Å². The molecule has 0 aliphatic heterocycles. The van der Waals surface area contributed by atoms with Crippen molar-refractivity contribution >= 4 is 16.9 Å². The number of para-hydroxylation sites is 1. The van der Waals surface area contributed by atoms with Crippen molar-refractivity contribution in [1.82, 2.24) is 15.1 Å². The summed E-state index contributed by atoms with van der Waals surface area (Å²) >= 11 is 0. The Morgan fingerprint density at radius 2 is 1.84 bits per heavy atom. The van der Waals surface area contributed by atoms with Crippen LogP contribution in [0.25, 0.3) is 10.9 Å². The molecule has 2 heterocycles. The van der Waals surface area contributed by atoms with E-state index in [1.807, 2.05) is 38.1 Å². The lowest BCUT2D eigenvalue weighted by atomic mass is 10.0. The average Bonchev–Trinajstić information content (AvgIpc) is 3.24. The zero-order valence-corrected chi connectivity index (χ0v) is 17.1. The second kappa shape index (κ2) is 8.91. The molecule has 0 atom stereocenters. The number of aromatic nitrogens is 3.